The lowest BCUT2D eigenvalue weighted by Gasteiger charge is -2.23. The molecule has 3 fully saturated rings. The van der Waals surface area contributed by atoms with Gasteiger partial charge in [-0.05, 0) is 31.6 Å². The van der Waals surface area contributed by atoms with Crippen molar-refractivity contribution in [1.82, 2.24) is 5.32 Å². The molecular weight excluding hydrogens is 260 g/mol. The maximum absolute atomic E-state index is 12.1. The standard InChI is InChI=1S/C14H20N2O2S/c1-7(2)14(3)12(18)16-13(19-14)15-10-5-9-4-8(10)6-11(9)17/h7-10H,4-6H2,1-3H3,(H,15,16,18)/t8?,9?,10-,14-/m0/s1. The Labute approximate surface area is 117 Å². The van der Waals surface area contributed by atoms with Gasteiger partial charge in [-0.3, -0.25) is 14.6 Å². The number of amidine groups is 1. The van der Waals surface area contributed by atoms with Crippen molar-refractivity contribution < 1.29 is 9.59 Å². The lowest BCUT2D eigenvalue weighted by Crippen LogP contribution is -2.38. The van der Waals surface area contributed by atoms with Crippen LogP contribution in [0.25, 0.3) is 0 Å². The van der Waals surface area contributed by atoms with Crippen LogP contribution in [0.2, 0.25) is 0 Å². The summed E-state index contributed by atoms with van der Waals surface area (Å²) in [7, 11) is 0. The highest BCUT2D eigenvalue weighted by molar-refractivity contribution is 8.16. The third-order valence-corrected chi connectivity index (χ3v) is 6.42. The summed E-state index contributed by atoms with van der Waals surface area (Å²) in [5, 5.41) is 3.67. The number of carbonyl (C=O) groups is 2. The highest BCUT2D eigenvalue weighted by Crippen LogP contribution is 2.45. The van der Waals surface area contributed by atoms with Crippen LogP contribution in [-0.4, -0.2) is 27.6 Å². The summed E-state index contributed by atoms with van der Waals surface area (Å²) in [5.74, 6) is 1.39. The van der Waals surface area contributed by atoms with Crippen LogP contribution in [0.15, 0.2) is 4.99 Å². The number of Topliss-reactive ketones (excluding diaryl/α,β-unsaturated/α-hetero) is 1. The van der Waals surface area contributed by atoms with Crippen molar-refractivity contribution in [3.05, 3.63) is 0 Å². The quantitative estimate of drug-likeness (QED) is 0.841. The largest absolute Gasteiger partial charge is 0.304 e. The molecule has 19 heavy (non-hydrogen) atoms. The predicted octanol–water partition coefficient (Wildman–Crippen LogP) is 1.99. The molecule has 2 saturated carbocycles. The molecule has 1 N–H and O–H groups in total. The van der Waals surface area contributed by atoms with Crippen LogP contribution in [0.4, 0.5) is 0 Å². The average Bonchev–Trinajstić information content (AvgIpc) is 2.94. The van der Waals surface area contributed by atoms with Crippen LogP contribution >= 0.6 is 11.8 Å². The van der Waals surface area contributed by atoms with Crippen LogP contribution in [0.1, 0.15) is 40.0 Å². The predicted molar refractivity (Wildman–Crippen MR) is 76.0 cm³/mol. The average molecular weight is 280 g/mol. The van der Waals surface area contributed by atoms with E-state index in [9.17, 15) is 9.59 Å². The first kappa shape index (κ1) is 13.2. The molecule has 2 bridgehead atoms. The molecule has 4 nitrogen and oxygen atoms in total. The number of aliphatic imine (C=N–C) groups is 1. The SMILES string of the molecule is CC(C)[C@]1(C)SC(=N[C@H]2CC3CC2CC3=O)NC1=O. The molecular formula is C14H20N2O2S. The first-order valence-electron chi connectivity index (χ1n) is 7.01. The second-order valence-electron chi connectivity index (χ2n) is 6.42. The van der Waals surface area contributed by atoms with Gasteiger partial charge in [-0.25, -0.2) is 0 Å². The molecule has 0 spiro atoms. The zero-order valence-electron chi connectivity index (χ0n) is 11.6. The van der Waals surface area contributed by atoms with Gasteiger partial charge in [0.1, 0.15) is 10.5 Å². The molecule has 2 aliphatic carbocycles. The Balaban J connectivity index is 1.74. The number of ketones is 1. The number of hydrogen-bond acceptors (Lipinski definition) is 4. The van der Waals surface area contributed by atoms with E-state index < -0.39 is 4.75 Å². The van der Waals surface area contributed by atoms with Crippen LogP contribution in [-0.2, 0) is 9.59 Å². The Morgan fingerprint density at radius 2 is 2.11 bits per heavy atom. The number of rotatable bonds is 2. The Morgan fingerprint density at radius 1 is 1.37 bits per heavy atom. The molecule has 5 heteroatoms. The molecule has 0 aromatic heterocycles. The van der Waals surface area contributed by atoms with Crippen molar-refractivity contribution in [2.75, 3.05) is 0 Å². The second-order valence-corrected chi connectivity index (χ2v) is 7.86. The molecule has 1 amide bonds. The number of thioether (sulfide) groups is 1. The molecule has 104 valence electrons. The number of nitrogens with zero attached hydrogens (tertiary/aromatic N) is 1. The number of fused-ring (bicyclic) bond motifs is 2. The molecule has 1 heterocycles. The Hall–Kier alpha value is -0.840. The van der Waals surface area contributed by atoms with Crippen LogP contribution in [0, 0.1) is 17.8 Å². The van der Waals surface area contributed by atoms with Gasteiger partial charge >= 0.3 is 0 Å². The van der Waals surface area contributed by atoms with E-state index in [0.717, 1.165) is 18.0 Å². The molecule has 1 saturated heterocycles. The maximum atomic E-state index is 12.1. The summed E-state index contributed by atoms with van der Waals surface area (Å²) >= 11 is 1.55. The van der Waals surface area contributed by atoms with Crippen molar-refractivity contribution in [3.8, 4) is 0 Å². The van der Waals surface area contributed by atoms with E-state index in [0.29, 0.717) is 18.1 Å². The molecule has 1 aliphatic heterocycles. The van der Waals surface area contributed by atoms with E-state index >= 15 is 0 Å². The third-order valence-electron chi connectivity index (χ3n) is 4.94. The zero-order valence-corrected chi connectivity index (χ0v) is 12.4. The van der Waals surface area contributed by atoms with Crippen LogP contribution in [0.3, 0.4) is 0 Å². The molecule has 3 aliphatic rings. The van der Waals surface area contributed by atoms with E-state index in [1.54, 1.807) is 11.8 Å². The smallest absolute Gasteiger partial charge is 0.242 e. The molecule has 0 aromatic rings. The fraction of sp³-hybridized carbons (Fsp3) is 0.786. The minimum absolute atomic E-state index is 0.0606. The number of carbonyl (C=O) groups excluding carboxylic acids is 2. The van der Waals surface area contributed by atoms with E-state index in [4.69, 9.17) is 4.99 Å². The van der Waals surface area contributed by atoms with Gasteiger partial charge in [0, 0.05) is 12.3 Å². The van der Waals surface area contributed by atoms with Crippen molar-refractivity contribution in [1.29, 1.82) is 0 Å². The van der Waals surface area contributed by atoms with Gasteiger partial charge in [-0.1, -0.05) is 25.6 Å². The lowest BCUT2D eigenvalue weighted by atomic mass is 9.95. The normalized spacial score (nSPS) is 43.6. The summed E-state index contributed by atoms with van der Waals surface area (Å²) in [6.07, 6.45) is 2.56. The monoisotopic (exact) mass is 280 g/mol. The second kappa shape index (κ2) is 4.33. The molecule has 3 rings (SSSR count). The minimum Gasteiger partial charge on any atom is -0.304 e. The first-order valence-corrected chi connectivity index (χ1v) is 7.82. The number of hydrogen-bond donors (Lipinski definition) is 1. The van der Waals surface area contributed by atoms with E-state index in [-0.39, 0.29) is 23.8 Å². The van der Waals surface area contributed by atoms with E-state index in [2.05, 4.69) is 19.2 Å². The van der Waals surface area contributed by atoms with Gasteiger partial charge in [0.15, 0.2) is 5.17 Å². The topological polar surface area (TPSA) is 58.5 Å². The van der Waals surface area contributed by atoms with Crippen molar-refractivity contribution in [2.45, 2.75) is 50.8 Å². The van der Waals surface area contributed by atoms with Gasteiger partial charge in [-0.15, -0.1) is 0 Å². The number of amides is 1. The van der Waals surface area contributed by atoms with Gasteiger partial charge < -0.3 is 5.32 Å². The highest BCUT2D eigenvalue weighted by Gasteiger charge is 2.48. The van der Waals surface area contributed by atoms with Crippen LogP contribution < -0.4 is 5.32 Å². The summed E-state index contributed by atoms with van der Waals surface area (Å²) in [5.41, 5.74) is 0. The summed E-state index contributed by atoms with van der Waals surface area (Å²) in [4.78, 5) is 28.3. The van der Waals surface area contributed by atoms with Crippen molar-refractivity contribution in [2.24, 2.45) is 22.7 Å². The fourth-order valence-corrected chi connectivity index (χ4v) is 4.36. The van der Waals surface area contributed by atoms with Crippen LogP contribution in [0.5, 0.6) is 0 Å². The fourth-order valence-electron chi connectivity index (χ4n) is 3.25. The Kier molecular flexibility index (Phi) is 3.00. The zero-order chi connectivity index (χ0) is 13.8. The van der Waals surface area contributed by atoms with Gasteiger partial charge in [-0.2, -0.15) is 0 Å². The molecule has 0 aromatic carbocycles. The minimum atomic E-state index is -0.410. The summed E-state index contributed by atoms with van der Waals surface area (Å²) < 4.78 is -0.410. The number of nitrogens with one attached hydrogen (secondary N) is 1. The third kappa shape index (κ3) is 2.02. The van der Waals surface area contributed by atoms with Gasteiger partial charge in [0.05, 0.1) is 6.04 Å². The maximum Gasteiger partial charge on any atom is 0.242 e. The lowest BCUT2D eigenvalue weighted by molar-refractivity contribution is -0.122. The first-order chi connectivity index (χ1) is 8.90. The van der Waals surface area contributed by atoms with Gasteiger partial charge in [0.25, 0.3) is 0 Å². The summed E-state index contributed by atoms with van der Waals surface area (Å²) in [6.45, 7) is 6.10. The van der Waals surface area contributed by atoms with E-state index in [1.165, 1.54) is 0 Å². The molecule has 0 radical (unpaired) electrons. The molecule has 2 unspecified atom stereocenters. The summed E-state index contributed by atoms with van der Waals surface area (Å²) in [6, 6.07) is 0.236. The Morgan fingerprint density at radius 3 is 2.58 bits per heavy atom. The van der Waals surface area contributed by atoms with Gasteiger partial charge in [0.2, 0.25) is 5.91 Å². The van der Waals surface area contributed by atoms with Crippen molar-refractivity contribution in [3.63, 3.8) is 0 Å². The van der Waals surface area contributed by atoms with E-state index in [1.807, 2.05) is 6.92 Å². The Bertz CT molecular complexity index is 474. The highest BCUT2D eigenvalue weighted by atomic mass is 32.2. The molecule has 4 atom stereocenters. The van der Waals surface area contributed by atoms with Crippen molar-refractivity contribution >= 4 is 28.6 Å².